The molecule has 2 amide bonds. The summed E-state index contributed by atoms with van der Waals surface area (Å²) in [5.41, 5.74) is 5.54. The van der Waals surface area contributed by atoms with Gasteiger partial charge >= 0.3 is 0 Å². The van der Waals surface area contributed by atoms with Crippen LogP contribution in [-0.4, -0.2) is 80.6 Å². The van der Waals surface area contributed by atoms with Gasteiger partial charge in [-0.15, -0.1) is 24.8 Å². The van der Waals surface area contributed by atoms with E-state index in [1.54, 1.807) is 0 Å². The van der Waals surface area contributed by atoms with Gasteiger partial charge in [0.25, 0.3) is 0 Å². The zero-order valence-electron chi connectivity index (χ0n) is 14.2. The smallest absolute Gasteiger partial charge is 0.225 e. The lowest BCUT2D eigenvalue weighted by atomic mass is 10.1. The number of nitrogens with one attached hydrogen (secondary N) is 1. The molecule has 2 aliphatic heterocycles. The largest absolute Gasteiger partial charge is 0.379 e. The molecule has 2 rings (SSSR count). The molecule has 24 heavy (non-hydrogen) atoms. The van der Waals surface area contributed by atoms with Crippen LogP contribution >= 0.6 is 24.8 Å². The summed E-state index contributed by atoms with van der Waals surface area (Å²) < 4.78 is 5.31. The number of ether oxygens (including phenoxy) is 1. The Morgan fingerprint density at radius 3 is 2.62 bits per heavy atom. The van der Waals surface area contributed by atoms with Crippen molar-refractivity contribution in [3.05, 3.63) is 0 Å². The van der Waals surface area contributed by atoms with Crippen molar-refractivity contribution < 1.29 is 14.3 Å². The Labute approximate surface area is 156 Å². The Hall–Kier alpha value is -0.600. The van der Waals surface area contributed by atoms with E-state index in [4.69, 9.17) is 10.5 Å². The number of nitrogens with two attached hydrogens (primary N) is 1. The molecule has 0 bridgehead atoms. The van der Waals surface area contributed by atoms with E-state index < -0.39 is 0 Å². The van der Waals surface area contributed by atoms with Crippen LogP contribution in [0.3, 0.4) is 0 Å². The first-order valence-corrected chi connectivity index (χ1v) is 8.15. The molecule has 2 fully saturated rings. The molecule has 0 aromatic heterocycles. The van der Waals surface area contributed by atoms with Gasteiger partial charge in [-0.2, -0.15) is 0 Å². The molecule has 2 atom stereocenters. The number of carbonyl (C=O) groups excluding carboxylic acids is 2. The van der Waals surface area contributed by atoms with Gasteiger partial charge in [-0.3, -0.25) is 14.5 Å². The summed E-state index contributed by atoms with van der Waals surface area (Å²) in [5, 5.41) is 2.90. The van der Waals surface area contributed by atoms with Crippen molar-refractivity contribution in [2.45, 2.75) is 13.3 Å². The van der Waals surface area contributed by atoms with Crippen molar-refractivity contribution in [1.82, 2.24) is 15.1 Å². The van der Waals surface area contributed by atoms with Gasteiger partial charge in [0.1, 0.15) is 0 Å². The third-order valence-electron chi connectivity index (χ3n) is 4.40. The molecule has 0 aromatic carbocycles. The van der Waals surface area contributed by atoms with E-state index in [9.17, 15) is 9.59 Å². The molecule has 0 spiro atoms. The summed E-state index contributed by atoms with van der Waals surface area (Å²) in [5.74, 6) is 0.100. The lowest BCUT2D eigenvalue weighted by Gasteiger charge is -2.28. The summed E-state index contributed by atoms with van der Waals surface area (Å²) in [6.45, 7) is 8.57. The fourth-order valence-corrected chi connectivity index (χ4v) is 2.75. The number of hydrogen-bond acceptors (Lipinski definition) is 5. The maximum atomic E-state index is 12.1. The normalized spacial score (nSPS) is 22.5. The van der Waals surface area contributed by atoms with Crippen molar-refractivity contribution in [2.75, 3.05) is 59.0 Å². The molecule has 2 aliphatic rings. The van der Waals surface area contributed by atoms with Crippen molar-refractivity contribution >= 4 is 36.6 Å². The molecular weight excluding hydrogens is 355 g/mol. The molecule has 0 aromatic rings. The van der Waals surface area contributed by atoms with E-state index in [-0.39, 0.29) is 48.5 Å². The van der Waals surface area contributed by atoms with Crippen LogP contribution in [0.15, 0.2) is 0 Å². The predicted octanol–water partition coefficient (Wildman–Crippen LogP) is -0.278. The summed E-state index contributed by atoms with van der Waals surface area (Å²) in [6, 6.07) is 0. The molecule has 0 aliphatic carbocycles. The van der Waals surface area contributed by atoms with Gasteiger partial charge in [0.05, 0.1) is 19.1 Å². The highest BCUT2D eigenvalue weighted by Crippen LogP contribution is 2.18. The van der Waals surface area contributed by atoms with E-state index >= 15 is 0 Å². The standard InChI is InChI=1S/C15H28N4O3.2ClH/c1-12(9-16)10-17-15(21)13-8-14(20)19(11-13)3-2-18-4-6-22-7-5-18;;/h12-13H,2-11,16H2,1H3,(H,17,21);2*1H. The number of morpholine rings is 1. The van der Waals surface area contributed by atoms with Gasteiger partial charge in [0.15, 0.2) is 0 Å². The third kappa shape index (κ3) is 7.11. The number of likely N-dealkylation sites (tertiary alicyclic amines) is 1. The first kappa shape index (κ1) is 23.4. The van der Waals surface area contributed by atoms with E-state index in [1.807, 2.05) is 11.8 Å². The van der Waals surface area contributed by atoms with Crippen LogP contribution in [0.4, 0.5) is 0 Å². The van der Waals surface area contributed by atoms with Gasteiger partial charge in [-0.1, -0.05) is 6.92 Å². The molecule has 2 saturated heterocycles. The highest BCUT2D eigenvalue weighted by Gasteiger charge is 2.34. The quantitative estimate of drug-likeness (QED) is 0.630. The van der Waals surface area contributed by atoms with Crippen LogP contribution in [-0.2, 0) is 14.3 Å². The molecule has 0 radical (unpaired) electrons. The third-order valence-corrected chi connectivity index (χ3v) is 4.40. The molecule has 9 heteroatoms. The number of hydrogen-bond donors (Lipinski definition) is 2. The van der Waals surface area contributed by atoms with Crippen LogP contribution < -0.4 is 11.1 Å². The average Bonchev–Trinajstić information content (AvgIpc) is 2.92. The Morgan fingerprint density at radius 2 is 2.00 bits per heavy atom. The van der Waals surface area contributed by atoms with Crippen molar-refractivity contribution in [2.24, 2.45) is 17.6 Å². The van der Waals surface area contributed by atoms with Crippen molar-refractivity contribution in [3.8, 4) is 0 Å². The maximum absolute atomic E-state index is 12.1. The zero-order chi connectivity index (χ0) is 15.9. The topological polar surface area (TPSA) is 87.9 Å². The van der Waals surface area contributed by atoms with Crippen LogP contribution in [0, 0.1) is 11.8 Å². The summed E-state index contributed by atoms with van der Waals surface area (Å²) >= 11 is 0. The van der Waals surface area contributed by atoms with Gasteiger partial charge in [0, 0.05) is 45.7 Å². The minimum Gasteiger partial charge on any atom is -0.379 e. The fraction of sp³-hybridized carbons (Fsp3) is 0.867. The van der Waals surface area contributed by atoms with Gasteiger partial charge in [0.2, 0.25) is 11.8 Å². The Bertz CT molecular complexity index is 395. The lowest BCUT2D eigenvalue weighted by molar-refractivity contribution is -0.129. The highest BCUT2D eigenvalue weighted by atomic mass is 35.5. The number of halogens is 2. The number of amides is 2. The number of carbonyl (C=O) groups is 2. The summed E-state index contributed by atoms with van der Waals surface area (Å²) in [7, 11) is 0. The Morgan fingerprint density at radius 1 is 1.33 bits per heavy atom. The van der Waals surface area contributed by atoms with Crippen LogP contribution in [0.25, 0.3) is 0 Å². The molecule has 0 saturated carbocycles. The summed E-state index contributed by atoms with van der Waals surface area (Å²) in [6.07, 6.45) is 0.325. The highest BCUT2D eigenvalue weighted by molar-refractivity contribution is 5.89. The summed E-state index contributed by atoms with van der Waals surface area (Å²) in [4.78, 5) is 28.3. The lowest BCUT2D eigenvalue weighted by Crippen LogP contribution is -2.42. The Kier molecular flexibility index (Phi) is 11.6. The first-order valence-electron chi connectivity index (χ1n) is 8.15. The first-order chi connectivity index (χ1) is 10.6. The minimum absolute atomic E-state index is 0. The molecular formula is C15H30Cl2N4O3. The zero-order valence-corrected chi connectivity index (χ0v) is 15.9. The molecule has 2 heterocycles. The van der Waals surface area contributed by atoms with Gasteiger partial charge < -0.3 is 20.7 Å². The van der Waals surface area contributed by atoms with E-state index in [0.717, 1.165) is 32.8 Å². The average molecular weight is 385 g/mol. The second kappa shape index (κ2) is 11.9. The second-order valence-electron chi connectivity index (χ2n) is 6.28. The molecule has 3 N–H and O–H groups in total. The fourth-order valence-electron chi connectivity index (χ4n) is 2.75. The number of rotatable bonds is 7. The van der Waals surface area contributed by atoms with E-state index in [1.165, 1.54) is 0 Å². The number of nitrogens with zero attached hydrogens (tertiary/aromatic N) is 2. The Balaban J connectivity index is 0.00000264. The van der Waals surface area contributed by atoms with E-state index in [0.29, 0.717) is 32.6 Å². The molecule has 2 unspecified atom stereocenters. The van der Waals surface area contributed by atoms with Gasteiger partial charge in [-0.05, 0) is 12.5 Å². The van der Waals surface area contributed by atoms with Crippen LogP contribution in [0.1, 0.15) is 13.3 Å². The monoisotopic (exact) mass is 384 g/mol. The minimum atomic E-state index is -0.220. The van der Waals surface area contributed by atoms with Crippen molar-refractivity contribution in [3.63, 3.8) is 0 Å². The molecule has 7 nitrogen and oxygen atoms in total. The van der Waals surface area contributed by atoms with Gasteiger partial charge in [-0.25, -0.2) is 0 Å². The van der Waals surface area contributed by atoms with Crippen LogP contribution in [0.2, 0.25) is 0 Å². The van der Waals surface area contributed by atoms with Crippen molar-refractivity contribution in [1.29, 1.82) is 0 Å². The second-order valence-corrected chi connectivity index (χ2v) is 6.28. The van der Waals surface area contributed by atoms with E-state index in [2.05, 4.69) is 10.2 Å². The SMILES string of the molecule is CC(CN)CNC(=O)C1CC(=O)N(CCN2CCOCC2)C1.Cl.Cl. The maximum Gasteiger partial charge on any atom is 0.225 e. The molecule has 142 valence electrons. The van der Waals surface area contributed by atoms with Crippen LogP contribution in [0.5, 0.6) is 0 Å². The predicted molar refractivity (Wildman–Crippen MR) is 97.7 cm³/mol.